The van der Waals surface area contributed by atoms with Gasteiger partial charge in [-0.15, -0.1) is 16.4 Å². The molecular weight excluding hydrogens is 733 g/mol. The molecule has 1 saturated heterocycles. The average Bonchev–Trinajstić information content (AvgIpc) is 3.96. The maximum atomic E-state index is 12.9. The van der Waals surface area contributed by atoms with Gasteiger partial charge in [-0.1, -0.05) is 30.5 Å². The zero-order valence-corrected chi connectivity index (χ0v) is 32.5. The van der Waals surface area contributed by atoms with E-state index in [9.17, 15) is 19.2 Å². The maximum absolute atomic E-state index is 12.9. The van der Waals surface area contributed by atoms with Crippen LogP contribution < -0.4 is 21.3 Å². The lowest BCUT2D eigenvalue weighted by atomic mass is 9.69. The number of pyridine rings is 1. The van der Waals surface area contributed by atoms with Crippen LogP contribution in [0.1, 0.15) is 97.9 Å². The zero-order chi connectivity index (χ0) is 38.7. The van der Waals surface area contributed by atoms with E-state index >= 15 is 0 Å². The monoisotopic (exact) mass is 782 g/mol. The number of nitrogens with zero attached hydrogens (tertiary/aromatic N) is 6. The van der Waals surface area contributed by atoms with Crippen LogP contribution in [0.15, 0.2) is 54.2 Å². The highest BCUT2D eigenvalue weighted by Gasteiger charge is 2.39. The number of ether oxygens (including phenoxy) is 1. The quantitative estimate of drug-likeness (QED) is 0.0751. The highest BCUT2D eigenvalue weighted by Crippen LogP contribution is 2.41. The second-order valence-electron chi connectivity index (χ2n) is 14.9. The first-order chi connectivity index (χ1) is 27.3. The number of aryl methyl sites for hydroxylation is 1. The minimum Gasteiger partial charge on any atom is -0.381 e. The van der Waals surface area contributed by atoms with Crippen molar-refractivity contribution >= 4 is 51.6 Å². The van der Waals surface area contributed by atoms with E-state index in [2.05, 4.69) is 54.9 Å². The van der Waals surface area contributed by atoms with Gasteiger partial charge in [0.1, 0.15) is 11.9 Å². The van der Waals surface area contributed by atoms with Crippen LogP contribution in [0.2, 0.25) is 0 Å². The van der Waals surface area contributed by atoms with Crippen LogP contribution >= 0.6 is 11.3 Å². The highest BCUT2D eigenvalue weighted by molar-refractivity contribution is 7.13. The van der Waals surface area contributed by atoms with Crippen molar-refractivity contribution in [3.63, 3.8) is 0 Å². The Hall–Kier alpha value is -5.06. The predicted molar refractivity (Wildman–Crippen MR) is 211 cm³/mol. The number of unbranched alkanes of at least 4 members (excludes halogenated alkanes) is 1. The van der Waals surface area contributed by atoms with E-state index in [-0.39, 0.29) is 36.1 Å². The van der Waals surface area contributed by atoms with Crippen LogP contribution in [0.25, 0.3) is 0 Å². The molecule has 7 rings (SSSR count). The van der Waals surface area contributed by atoms with Gasteiger partial charge in [-0.2, -0.15) is 0 Å². The number of hydrogen-bond acceptors (Lipinski definition) is 12. The molecule has 1 unspecified atom stereocenters. The number of piperidine rings is 1. The number of fused-ring (bicyclic) bond motifs is 1. The third-order valence-corrected chi connectivity index (χ3v) is 11.5. The van der Waals surface area contributed by atoms with Crippen molar-refractivity contribution in [3.05, 3.63) is 76.7 Å². The molecule has 1 atom stereocenters. The second kappa shape index (κ2) is 18.7. The minimum atomic E-state index is -0.668. The van der Waals surface area contributed by atoms with Crippen molar-refractivity contribution in [1.82, 2.24) is 40.5 Å². The molecule has 5 heterocycles. The van der Waals surface area contributed by atoms with Crippen LogP contribution in [0.3, 0.4) is 0 Å². The predicted octanol–water partition coefficient (Wildman–Crippen LogP) is 4.88. The van der Waals surface area contributed by atoms with Gasteiger partial charge in [-0.05, 0) is 81.0 Å². The molecule has 0 spiro atoms. The Morgan fingerprint density at radius 1 is 1.04 bits per heavy atom. The molecule has 16 heteroatoms. The third kappa shape index (κ3) is 10.0. The Bertz CT molecular complexity index is 1980. The first-order valence-corrected chi connectivity index (χ1v) is 20.6. The second-order valence-corrected chi connectivity index (χ2v) is 15.7. The van der Waals surface area contributed by atoms with Crippen LogP contribution in [0.5, 0.6) is 0 Å². The van der Waals surface area contributed by atoms with E-state index in [1.165, 1.54) is 24.2 Å². The van der Waals surface area contributed by atoms with Gasteiger partial charge in [-0.3, -0.25) is 29.2 Å². The molecule has 2 fully saturated rings. The summed E-state index contributed by atoms with van der Waals surface area (Å²) >= 11 is 1.56. The highest BCUT2D eigenvalue weighted by atomic mass is 32.1. The van der Waals surface area contributed by atoms with Gasteiger partial charge in [0.2, 0.25) is 17.7 Å². The van der Waals surface area contributed by atoms with Crippen molar-refractivity contribution in [2.45, 2.75) is 102 Å². The fourth-order valence-corrected chi connectivity index (χ4v) is 8.41. The average molecular weight is 783 g/mol. The fraction of sp³-hybridized carbons (Fsp3) is 0.500. The molecular formula is C40H50N10O5S. The van der Waals surface area contributed by atoms with Gasteiger partial charge in [-0.25, -0.2) is 9.97 Å². The summed E-state index contributed by atoms with van der Waals surface area (Å²) in [6, 6.07) is 10.6. The Morgan fingerprint density at radius 2 is 1.91 bits per heavy atom. The number of hydrogen-bond donors (Lipinski definition) is 4. The van der Waals surface area contributed by atoms with Crippen LogP contribution in [0.4, 0.5) is 16.6 Å². The molecule has 296 valence electrons. The molecule has 4 aromatic rings. The molecule has 4 N–H and O–H groups in total. The summed E-state index contributed by atoms with van der Waals surface area (Å²) in [5.41, 5.74) is 3.93. The number of rotatable bonds is 19. The standard InChI is InChI=1S/C40H50N10O5S/c51-35-13-12-32(37(53)46-35)50-26-28-24-29(10-11-31(28)38(50)54)44-36(52)14-18-41-17-7-22-55-21-5-4-20-49-27-33(47-48-49)40(15-2-1-3-16-40)25-30-8-6-9-34(43-30)45-39-42-19-23-56-39/h6,8-11,19,23-24,27,32,41H,1-5,7,12-18,20-22,25-26H2,(H,44,52)(H,42,43,45)(H,46,51,53). The Kier molecular flexibility index (Phi) is 13.1. The lowest BCUT2D eigenvalue weighted by molar-refractivity contribution is -0.137. The summed E-state index contributed by atoms with van der Waals surface area (Å²) in [4.78, 5) is 60.0. The number of aromatic nitrogens is 5. The van der Waals surface area contributed by atoms with Crippen LogP contribution in [0, 0.1) is 0 Å². The van der Waals surface area contributed by atoms with E-state index in [4.69, 9.17) is 9.72 Å². The minimum absolute atomic E-state index is 0.0554. The van der Waals surface area contributed by atoms with Gasteiger partial charge in [0.25, 0.3) is 5.91 Å². The van der Waals surface area contributed by atoms with Gasteiger partial charge in [0.05, 0.1) is 5.69 Å². The van der Waals surface area contributed by atoms with E-state index in [0.717, 1.165) is 79.5 Å². The van der Waals surface area contributed by atoms with E-state index in [0.29, 0.717) is 43.9 Å². The number of benzene rings is 1. The van der Waals surface area contributed by atoms with Crippen molar-refractivity contribution < 1.29 is 23.9 Å². The number of carbonyl (C=O) groups excluding carboxylic acids is 4. The molecule has 56 heavy (non-hydrogen) atoms. The van der Waals surface area contributed by atoms with Gasteiger partial charge >= 0.3 is 0 Å². The van der Waals surface area contributed by atoms with E-state index in [1.54, 1.807) is 35.7 Å². The Morgan fingerprint density at radius 3 is 2.75 bits per heavy atom. The number of nitrogens with one attached hydrogen (secondary N) is 4. The zero-order valence-electron chi connectivity index (χ0n) is 31.6. The first-order valence-electron chi connectivity index (χ1n) is 19.7. The summed E-state index contributed by atoms with van der Waals surface area (Å²) in [5.74, 6) is -0.319. The Balaban J connectivity index is 0.752. The van der Waals surface area contributed by atoms with Gasteiger partial charge in [0, 0.05) is 92.2 Å². The first kappa shape index (κ1) is 39.2. The van der Waals surface area contributed by atoms with Crippen molar-refractivity contribution in [1.29, 1.82) is 0 Å². The maximum Gasteiger partial charge on any atom is 0.255 e. The number of carbonyl (C=O) groups is 4. The van der Waals surface area contributed by atoms with Crippen LogP contribution in [-0.4, -0.2) is 85.8 Å². The molecule has 1 aromatic carbocycles. The summed E-state index contributed by atoms with van der Waals surface area (Å²) in [7, 11) is 0. The summed E-state index contributed by atoms with van der Waals surface area (Å²) < 4.78 is 7.83. The van der Waals surface area contributed by atoms with Crippen molar-refractivity contribution in [2.75, 3.05) is 36.9 Å². The number of thiazole rings is 1. The molecule has 0 radical (unpaired) electrons. The van der Waals surface area contributed by atoms with E-state index in [1.807, 2.05) is 16.1 Å². The normalized spacial score (nSPS) is 17.8. The SMILES string of the molecule is O=C1CCC(N2Cc3cc(NC(=O)CCNCCCOCCCCn4cc(C5(Cc6cccc(Nc7nccs7)n6)CCCCC5)nn4)ccc3C2=O)C(=O)N1. The van der Waals surface area contributed by atoms with Gasteiger partial charge < -0.3 is 25.6 Å². The van der Waals surface area contributed by atoms with Crippen molar-refractivity contribution in [3.8, 4) is 0 Å². The lowest BCUT2D eigenvalue weighted by Gasteiger charge is -2.35. The molecule has 15 nitrogen and oxygen atoms in total. The smallest absolute Gasteiger partial charge is 0.255 e. The fourth-order valence-electron chi connectivity index (χ4n) is 7.87. The third-order valence-electron chi connectivity index (χ3n) is 10.8. The van der Waals surface area contributed by atoms with Crippen molar-refractivity contribution in [2.24, 2.45) is 0 Å². The molecule has 0 bridgehead atoms. The topological polar surface area (TPSA) is 185 Å². The van der Waals surface area contributed by atoms with Gasteiger partial charge in [0.15, 0.2) is 5.13 Å². The molecule has 1 saturated carbocycles. The number of imide groups is 1. The molecule has 3 aromatic heterocycles. The lowest BCUT2D eigenvalue weighted by Crippen LogP contribution is -2.52. The molecule has 2 aliphatic heterocycles. The Labute approximate surface area is 330 Å². The molecule has 4 amide bonds. The summed E-state index contributed by atoms with van der Waals surface area (Å²) in [5, 5.41) is 23.8. The van der Waals surface area contributed by atoms with E-state index < -0.39 is 11.9 Å². The molecule has 1 aliphatic carbocycles. The summed E-state index contributed by atoms with van der Waals surface area (Å²) in [6.07, 6.45) is 14.1. The molecule has 3 aliphatic rings. The number of anilines is 3. The largest absolute Gasteiger partial charge is 0.381 e. The van der Waals surface area contributed by atoms with Crippen LogP contribution in [-0.2, 0) is 44.0 Å². The number of amides is 4. The summed E-state index contributed by atoms with van der Waals surface area (Å²) in [6.45, 7) is 3.67.